The standard InChI is InChI=1S/C26H16ClFN6OS2/c27-18-12-16(10-11-19(18)28)30-22(35)14-36-25-33-23(15-6-2-1-3-7-15)17(13-29)24(34-25)37-26-31-20-8-4-5-9-21(20)32-26/h1-12H,14H2,(H,30,35)(H,31,32). The van der Waals surface area contributed by atoms with Crippen molar-refractivity contribution in [1.82, 2.24) is 19.9 Å². The zero-order valence-corrected chi connectivity index (χ0v) is 21.3. The van der Waals surface area contributed by atoms with E-state index in [0.717, 1.165) is 28.4 Å². The third-order valence-electron chi connectivity index (χ3n) is 5.11. The Hall–Kier alpha value is -3.91. The fourth-order valence-corrected chi connectivity index (χ4v) is 5.18. The van der Waals surface area contributed by atoms with Gasteiger partial charge in [0, 0.05) is 11.3 Å². The maximum atomic E-state index is 13.4. The zero-order chi connectivity index (χ0) is 25.8. The largest absolute Gasteiger partial charge is 0.333 e. The minimum Gasteiger partial charge on any atom is -0.333 e. The van der Waals surface area contributed by atoms with Gasteiger partial charge in [0.1, 0.15) is 22.5 Å². The monoisotopic (exact) mass is 546 g/mol. The van der Waals surface area contributed by atoms with Crippen molar-refractivity contribution in [1.29, 1.82) is 5.26 Å². The van der Waals surface area contributed by atoms with Gasteiger partial charge in [0.2, 0.25) is 5.91 Å². The number of H-pyrrole nitrogens is 1. The molecule has 0 unspecified atom stereocenters. The molecule has 11 heteroatoms. The number of nitrogens with one attached hydrogen (secondary N) is 2. The average Bonchev–Trinajstić information content (AvgIpc) is 3.32. The van der Waals surface area contributed by atoms with Crippen LogP contribution in [0, 0.1) is 17.1 Å². The van der Waals surface area contributed by atoms with Gasteiger partial charge in [0.15, 0.2) is 10.3 Å². The number of nitriles is 1. The number of fused-ring (bicyclic) bond motifs is 1. The van der Waals surface area contributed by atoms with E-state index in [4.69, 9.17) is 11.6 Å². The number of hydrogen-bond donors (Lipinski definition) is 2. The summed E-state index contributed by atoms with van der Waals surface area (Å²) in [6.07, 6.45) is 0. The maximum Gasteiger partial charge on any atom is 0.234 e. The summed E-state index contributed by atoms with van der Waals surface area (Å²) in [5.74, 6) is -0.916. The fraction of sp³-hybridized carbons (Fsp3) is 0.0385. The molecule has 0 aliphatic carbocycles. The number of carbonyl (C=O) groups is 1. The smallest absolute Gasteiger partial charge is 0.234 e. The van der Waals surface area contributed by atoms with Crippen LogP contribution >= 0.6 is 35.1 Å². The fourth-order valence-electron chi connectivity index (χ4n) is 3.44. The highest BCUT2D eigenvalue weighted by molar-refractivity contribution is 8.00. The third-order valence-corrected chi connectivity index (χ3v) is 7.12. The molecule has 37 heavy (non-hydrogen) atoms. The molecule has 2 aromatic heterocycles. The number of halogens is 2. The van der Waals surface area contributed by atoms with Gasteiger partial charge in [-0.2, -0.15) is 5.26 Å². The van der Waals surface area contributed by atoms with Crippen LogP contribution in [-0.2, 0) is 4.79 Å². The van der Waals surface area contributed by atoms with Crippen molar-refractivity contribution in [3.8, 4) is 17.3 Å². The number of carbonyl (C=O) groups excluding carboxylic acids is 1. The molecule has 0 atom stereocenters. The zero-order valence-electron chi connectivity index (χ0n) is 18.9. The van der Waals surface area contributed by atoms with Crippen molar-refractivity contribution in [2.24, 2.45) is 0 Å². The van der Waals surface area contributed by atoms with E-state index in [-0.39, 0.29) is 16.7 Å². The number of hydrogen-bond acceptors (Lipinski definition) is 7. The first kappa shape index (κ1) is 24.8. The number of amides is 1. The summed E-state index contributed by atoms with van der Waals surface area (Å²) in [5, 5.41) is 13.9. The van der Waals surface area contributed by atoms with Crippen molar-refractivity contribution >= 4 is 57.8 Å². The second kappa shape index (κ2) is 11.0. The summed E-state index contributed by atoms with van der Waals surface area (Å²) in [4.78, 5) is 29.5. The highest BCUT2D eigenvalue weighted by Gasteiger charge is 2.19. The van der Waals surface area contributed by atoms with Crippen LogP contribution in [-0.4, -0.2) is 31.6 Å². The van der Waals surface area contributed by atoms with Crippen LogP contribution in [0.1, 0.15) is 5.56 Å². The first-order valence-corrected chi connectivity index (χ1v) is 13.1. The molecule has 5 aromatic rings. The minimum absolute atomic E-state index is 0.0100. The Bertz CT molecular complexity index is 1620. The van der Waals surface area contributed by atoms with Gasteiger partial charge in [-0.25, -0.2) is 19.3 Å². The number of anilines is 1. The molecule has 0 bridgehead atoms. The molecule has 5 rings (SSSR count). The van der Waals surface area contributed by atoms with Gasteiger partial charge in [-0.1, -0.05) is 65.8 Å². The molecule has 2 N–H and O–H groups in total. The van der Waals surface area contributed by atoms with E-state index in [0.29, 0.717) is 32.3 Å². The highest BCUT2D eigenvalue weighted by Crippen LogP contribution is 2.34. The number of rotatable bonds is 7. The molecule has 1 amide bonds. The Morgan fingerprint density at radius 3 is 2.59 bits per heavy atom. The molecular weight excluding hydrogens is 531 g/mol. The molecule has 0 radical (unpaired) electrons. The molecular formula is C26H16ClFN6OS2. The molecule has 0 aliphatic heterocycles. The van der Waals surface area contributed by atoms with E-state index in [2.05, 4.69) is 31.3 Å². The number of benzene rings is 3. The lowest BCUT2D eigenvalue weighted by molar-refractivity contribution is -0.113. The minimum atomic E-state index is -0.567. The normalized spacial score (nSPS) is 10.8. The molecule has 0 fully saturated rings. The number of aromatic nitrogens is 4. The molecule has 182 valence electrons. The van der Waals surface area contributed by atoms with Crippen LogP contribution in [0.4, 0.5) is 10.1 Å². The van der Waals surface area contributed by atoms with E-state index in [9.17, 15) is 14.4 Å². The van der Waals surface area contributed by atoms with Crippen LogP contribution in [0.25, 0.3) is 22.3 Å². The predicted molar refractivity (Wildman–Crippen MR) is 143 cm³/mol. The Kier molecular flexibility index (Phi) is 7.37. The van der Waals surface area contributed by atoms with Crippen LogP contribution in [0.2, 0.25) is 5.02 Å². The van der Waals surface area contributed by atoms with Gasteiger partial charge >= 0.3 is 0 Å². The Balaban J connectivity index is 1.44. The van der Waals surface area contributed by atoms with Gasteiger partial charge < -0.3 is 10.3 Å². The number of nitrogens with zero attached hydrogens (tertiary/aromatic N) is 4. The first-order valence-electron chi connectivity index (χ1n) is 10.9. The average molecular weight is 547 g/mol. The van der Waals surface area contributed by atoms with E-state index < -0.39 is 5.82 Å². The van der Waals surface area contributed by atoms with Crippen LogP contribution in [0.15, 0.2) is 88.1 Å². The molecule has 2 heterocycles. The molecule has 0 aliphatic rings. The van der Waals surface area contributed by atoms with Gasteiger partial charge in [-0.3, -0.25) is 4.79 Å². The van der Waals surface area contributed by atoms with Crippen LogP contribution in [0.5, 0.6) is 0 Å². The summed E-state index contributed by atoms with van der Waals surface area (Å²) < 4.78 is 13.4. The summed E-state index contributed by atoms with van der Waals surface area (Å²) in [6, 6.07) is 23.1. The Morgan fingerprint density at radius 2 is 1.84 bits per heavy atom. The SMILES string of the molecule is N#Cc1c(Sc2nc3ccccc3[nH]2)nc(SCC(=O)Nc2ccc(F)c(Cl)c2)nc1-c1ccccc1. The van der Waals surface area contributed by atoms with E-state index >= 15 is 0 Å². The number of imidazole rings is 1. The van der Waals surface area contributed by atoms with E-state index in [1.807, 2.05) is 54.6 Å². The molecule has 0 saturated heterocycles. The summed E-state index contributed by atoms with van der Waals surface area (Å²) in [6.45, 7) is 0. The second-order valence-corrected chi connectivity index (χ2v) is 9.97. The molecule has 3 aromatic carbocycles. The lowest BCUT2D eigenvalue weighted by atomic mass is 10.1. The molecule has 7 nitrogen and oxygen atoms in total. The summed E-state index contributed by atoms with van der Waals surface area (Å²) in [7, 11) is 0. The van der Waals surface area contributed by atoms with E-state index in [1.54, 1.807) is 0 Å². The quantitative estimate of drug-likeness (QED) is 0.135. The van der Waals surface area contributed by atoms with E-state index in [1.165, 1.54) is 30.0 Å². The van der Waals surface area contributed by atoms with Gasteiger partial charge in [0.05, 0.1) is 27.5 Å². The lowest BCUT2D eigenvalue weighted by Crippen LogP contribution is -2.14. The van der Waals surface area contributed by atoms with Crippen LogP contribution < -0.4 is 5.32 Å². The Labute approximate surface area is 224 Å². The Morgan fingerprint density at radius 1 is 1.05 bits per heavy atom. The second-order valence-electron chi connectivity index (χ2n) is 7.64. The third kappa shape index (κ3) is 5.75. The summed E-state index contributed by atoms with van der Waals surface area (Å²) >= 11 is 8.14. The predicted octanol–water partition coefficient (Wildman–Crippen LogP) is 6.57. The first-order chi connectivity index (χ1) is 18.0. The van der Waals surface area contributed by atoms with Crippen LogP contribution in [0.3, 0.4) is 0 Å². The molecule has 0 spiro atoms. The summed E-state index contributed by atoms with van der Waals surface area (Å²) in [5.41, 5.74) is 3.57. The van der Waals surface area contributed by atoms with Crippen molar-refractivity contribution in [2.75, 3.05) is 11.1 Å². The number of aromatic amines is 1. The maximum absolute atomic E-state index is 13.4. The topological polar surface area (TPSA) is 107 Å². The van der Waals surface area contributed by atoms with Crippen molar-refractivity contribution in [2.45, 2.75) is 15.3 Å². The van der Waals surface area contributed by atoms with Gasteiger partial charge in [-0.05, 0) is 42.1 Å². The lowest BCUT2D eigenvalue weighted by Gasteiger charge is -2.10. The molecule has 0 saturated carbocycles. The number of thioether (sulfide) groups is 1. The highest BCUT2D eigenvalue weighted by atomic mass is 35.5. The number of para-hydroxylation sites is 2. The van der Waals surface area contributed by atoms with Crippen molar-refractivity contribution in [3.63, 3.8) is 0 Å². The van der Waals surface area contributed by atoms with Gasteiger partial charge in [0.25, 0.3) is 0 Å². The van der Waals surface area contributed by atoms with Gasteiger partial charge in [-0.15, -0.1) is 0 Å². The van der Waals surface area contributed by atoms with Crippen molar-refractivity contribution < 1.29 is 9.18 Å². The van der Waals surface area contributed by atoms with Crippen molar-refractivity contribution in [3.05, 3.63) is 89.2 Å².